The lowest BCUT2D eigenvalue weighted by Gasteiger charge is -2.40. The molecule has 6 nitrogen and oxygen atoms in total. The van der Waals surface area contributed by atoms with Crippen LogP contribution >= 0.6 is 0 Å². The van der Waals surface area contributed by atoms with Crippen LogP contribution < -0.4 is 0 Å². The highest BCUT2D eigenvalue weighted by atomic mass is 16.3. The number of amides is 2. The van der Waals surface area contributed by atoms with E-state index < -0.39 is 0 Å². The molecule has 2 amide bonds. The minimum absolute atomic E-state index is 0.0698. The summed E-state index contributed by atoms with van der Waals surface area (Å²) >= 11 is 0. The quantitative estimate of drug-likeness (QED) is 0.840. The number of hydrogen-bond donors (Lipinski definition) is 0. The second-order valence-electron chi connectivity index (χ2n) is 7.10. The Bertz CT molecular complexity index is 632. The van der Waals surface area contributed by atoms with Gasteiger partial charge in [-0.3, -0.25) is 9.59 Å². The van der Waals surface area contributed by atoms with Crippen molar-refractivity contribution in [2.75, 3.05) is 39.3 Å². The van der Waals surface area contributed by atoms with Gasteiger partial charge < -0.3 is 19.1 Å². The summed E-state index contributed by atoms with van der Waals surface area (Å²) in [7, 11) is 0. The molecule has 6 heteroatoms. The predicted octanol–water partition coefficient (Wildman–Crippen LogP) is 2.06. The second kappa shape index (κ2) is 7.60. The minimum Gasteiger partial charge on any atom is -0.466 e. The summed E-state index contributed by atoms with van der Waals surface area (Å²) in [6.45, 7) is 10.8. The highest BCUT2D eigenvalue weighted by molar-refractivity contribution is 5.98. The fourth-order valence-electron chi connectivity index (χ4n) is 3.92. The second-order valence-corrected chi connectivity index (χ2v) is 7.10. The number of furan rings is 1. The largest absolute Gasteiger partial charge is 0.466 e. The van der Waals surface area contributed by atoms with Crippen molar-refractivity contribution >= 4 is 11.8 Å². The molecule has 0 spiro atoms. The number of piperidine rings is 1. The zero-order chi connectivity index (χ0) is 18.0. The van der Waals surface area contributed by atoms with E-state index in [0.29, 0.717) is 17.9 Å². The molecule has 138 valence electrons. The summed E-state index contributed by atoms with van der Waals surface area (Å²) in [5.74, 6) is 1.41. The zero-order valence-electron chi connectivity index (χ0n) is 15.6. The predicted molar refractivity (Wildman–Crippen MR) is 95.6 cm³/mol. The summed E-state index contributed by atoms with van der Waals surface area (Å²) in [6.07, 6.45) is 2.71. The first kappa shape index (κ1) is 18.0. The zero-order valence-corrected chi connectivity index (χ0v) is 15.6. The first-order valence-corrected chi connectivity index (χ1v) is 9.40. The van der Waals surface area contributed by atoms with Crippen molar-refractivity contribution in [1.29, 1.82) is 0 Å². The third-order valence-corrected chi connectivity index (χ3v) is 5.45. The molecular weight excluding hydrogens is 318 g/mol. The maximum atomic E-state index is 13.1. The maximum absolute atomic E-state index is 13.1. The Hall–Kier alpha value is -1.82. The van der Waals surface area contributed by atoms with Gasteiger partial charge in [0.15, 0.2) is 0 Å². The topological polar surface area (TPSA) is 57.0 Å². The van der Waals surface area contributed by atoms with Gasteiger partial charge in [-0.25, -0.2) is 0 Å². The van der Waals surface area contributed by atoms with Gasteiger partial charge in [0.1, 0.15) is 17.6 Å². The Morgan fingerprint density at radius 2 is 1.84 bits per heavy atom. The number of nitrogens with zero attached hydrogens (tertiary/aromatic N) is 3. The summed E-state index contributed by atoms with van der Waals surface area (Å²) in [5.41, 5.74) is 0.591. The van der Waals surface area contributed by atoms with E-state index in [1.807, 2.05) is 18.7 Å². The van der Waals surface area contributed by atoms with E-state index in [4.69, 9.17) is 4.42 Å². The van der Waals surface area contributed by atoms with Crippen molar-refractivity contribution in [2.24, 2.45) is 0 Å². The van der Waals surface area contributed by atoms with Crippen LogP contribution in [0.25, 0.3) is 0 Å². The molecule has 0 bridgehead atoms. The number of aryl methyl sites for hydroxylation is 2. The first-order valence-electron chi connectivity index (χ1n) is 9.40. The van der Waals surface area contributed by atoms with Gasteiger partial charge in [-0.1, -0.05) is 6.92 Å². The smallest absolute Gasteiger partial charge is 0.258 e. The molecule has 0 N–H and O–H groups in total. The third kappa shape index (κ3) is 3.73. The SMILES string of the molecule is CCN1CCN(C(=O)C2CCCCN2C(=O)c2cc(C)oc2C)CC1. The van der Waals surface area contributed by atoms with Crippen molar-refractivity contribution < 1.29 is 14.0 Å². The van der Waals surface area contributed by atoms with Crippen molar-refractivity contribution in [3.63, 3.8) is 0 Å². The van der Waals surface area contributed by atoms with Crippen LogP contribution in [0.1, 0.15) is 48.1 Å². The van der Waals surface area contributed by atoms with Crippen LogP contribution in [0.15, 0.2) is 10.5 Å². The standard InChI is InChI=1S/C19H29N3O3/c1-4-20-9-11-21(12-10-20)19(24)17-7-5-6-8-22(17)18(23)16-13-14(2)25-15(16)3/h13,17H,4-12H2,1-3H3. The number of carbonyl (C=O) groups excluding carboxylic acids is 2. The molecule has 3 rings (SSSR count). The highest BCUT2D eigenvalue weighted by Gasteiger charge is 2.36. The van der Waals surface area contributed by atoms with E-state index in [1.165, 1.54) is 0 Å². The lowest BCUT2D eigenvalue weighted by molar-refractivity contribution is -0.139. The van der Waals surface area contributed by atoms with E-state index in [9.17, 15) is 9.59 Å². The van der Waals surface area contributed by atoms with Gasteiger partial charge in [0.05, 0.1) is 5.56 Å². The van der Waals surface area contributed by atoms with Crippen LogP contribution in [0.5, 0.6) is 0 Å². The van der Waals surface area contributed by atoms with E-state index in [2.05, 4.69) is 11.8 Å². The van der Waals surface area contributed by atoms with Gasteiger partial charge >= 0.3 is 0 Å². The molecule has 1 aromatic heterocycles. The lowest BCUT2D eigenvalue weighted by Crippen LogP contribution is -2.57. The van der Waals surface area contributed by atoms with Gasteiger partial charge in [0.2, 0.25) is 5.91 Å². The van der Waals surface area contributed by atoms with E-state index >= 15 is 0 Å². The van der Waals surface area contributed by atoms with Crippen LogP contribution in [0.4, 0.5) is 0 Å². The number of piperazine rings is 1. The van der Waals surface area contributed by atoms with Crippen molar-refractivity contribution in [1.82, 2.24) is 14.7 Å². The summed E-state index contributed by atoms with van der Waals surface area (Å²) in [5, 5.41) is 0. The molecule has 0 aromatic carbocycles. The molecule has 2 saturated heterocycles. The monoisotopic (exact) mass is 347 g/mol. The molecule has 0 radical (unpaired) electrons. The van der Waals surface area contributed by atoms with Crippen molar-refractivity contribution in [3.05, 3.63) is 23.2 Å². The summed E-state index contributed by atoms with van der Waals surface area (Å²) < 4.78 is 5.51. The molecular formula is C19H29N3O3. The Morgan fingerprint density at radius 1 is 1.12 bits per heavy atom. The number of rotatable bonds is 3. The summed E-state index contributed by atoms with van der Waals surface area (Å²) in [6, 6.07) is 1.46. The van der Waals surface area contributed by atoms with Gasteiger partial charge in [-0.05, 0) is 45.7 Å². The molecule has 2 fully saturated rings. The molecule has 2 aliphatic heterocycles. The number of hydrogen-bond acceptors (Lipinski definition) is 4. The average Bonchev–Trinajstić information content (AvgIpc) is 2.98. The van der Waals surface area contributed by atoms with E-state index in [0.717, 1.165) is 57.7 Å². The van der Waals surface area contributed by atoms with Gasteiger partial charge in [-0.15, -0.1) is 0 Å². The molecule has 1 unspecified atom stereocenters. The molecule has 3 heterocycles. The molecule has 0 saturated carbocycles. The third-order valence-electron chi connectivity index (χ3n) is 5.45. The van der Waals surface area contributed by atoms with Crippen molar-refractivity contribution in [3.8, 4) is 0 Å². The fourth-order valence-corrected chi connectivity index (χ4v) is 3.92. The summed E-state index contributed by atoms with van der Waals surface area (Å²) in [4.78, 5) is 32.2. The van der Waals surface area contributed by atoms with E-state index in [1.54, 1.807) is 11.0 Å². The molecule has 1 atom stereocenters. The highest BCUT2D eigenvalue weighted by Crippen LogP contribution is 2.24. The first-order chi connectivity index (χ1) is 12.0. The Labute approximate surface area is 149 Å². The number of carbonyl (C=O) groups is 2. The van der Waals surface area contributed by atoms with Gasteiger partial charge in [0, 0.05) is 32.7 Å². The number of likely N-dealkylation sites (tertiary alicyclic amines) is 1. The lowest BCUT2D eigenvalue weighted by atomic mass is 9.99. The minimum atomic E-state index is -0.330. The average molecular weight is 347 g/mol. The normalized spacial score (nSPS) is 22.3. The van der Waals surface area contributed by atoms with Crippen LogP contribution in [0.3, 0.4) is 0 Å². The Morgan fingerprint density at radius 3 is 2.44 bits per heavy atom. The van der Waals surface area contributed by atoms with Crippen LogP contribution in [0.2, 0.25) is 0 Å². The van der Waals surface area contributed by atoms with E-state index in [-0.39, 0.29) is 17.9 Å². The van der Waals surface area contributed by atoms with Gasteiger partial charge in [-0.2, -0.15) is 0 Å². The van der Waals surface area contributed by atoms with Crippen LogP contribution in [-0.4, -0.2) is 71.8 Å². The number of likely N-dealkylation sites (N-methyl/N-ethyl adjacent to an activating group) is 1. The van der Waals surface area contributed by atoms with Gasteiger partial charge in [0.25, 0.3) is 5.91 Å². The van der Waals surface area contributed by atoms with Crippen LogP contribution in [0, 0.1) is 13.8 Å². The van der Waals surface area contributed by atoms with Crippen molar-refractivity contribution in [2.45, 2.75) is 46.1 Å². The fraction of sp³-hybridized carbons (Fsp3) is 0.684. The molecule has 25 heavy (non-hydrogen) atoms. The van der Waals surface area contributed by atoms with Crippen LogP contribution in [-0.2, 0) is 4.79 Å². The maximum Gasteiger partial charge on any atom is 0.258 e. The molecule has 0 aliphatic carbocycles. The Balaban J connectivity index is 1.73. The molecule has 2 aliphatic rings. The molecule has 1 aromatic rings. The Kier molecular flexibility index (Phi) is 5.47.